The lowest BCUT2D eigenvalue weighted by Gasteiger charge is -2.37. The van der Waals surface area contributed by atoms with Crippen LogP contribution in [0.15, 0.2) is 18.2 Å². The first-order chi connectivity index (χ1) is 11.1. The predicted octanol–water partition coefficient (Wildman–Crippen LogP) is 4.54. The number of nitrogens with zero attached hydrogens (tertiary/aromatic N) is 1. The minimum Gasteiger partial charge on any atom is -0.488 e. The summed E-state index contributed by atoms with van der Waals surface area (Å²) < 4.78 is 49.8. The fourth-order valence-corrected chi connectivity index (χ4v) is 3.20. The molecule has 0 aromatic heterocycles. The van der Waals surface area contributed by atoms with Gasteiger partial charge in [0.25, 0.3) is 0 Å². The van der Waals surface area contributed by atoms with Crippen molar-refractivity contribution < 1.29 is 27.4 Å². The lowest BCUT2D eigenvalue weighted by atomic mass is 9.94. The SMILES string of the molecule is CC(C)(C)OC(=O)N1CCC[C@@H]2Oc3cc(C(F)(F)F)ccc3[C@@H]21. The van der Waals surface area contributed by atoms with Crippen LogP contribution in [0, 0.1) is 0 Å². The van der Waals surface area contributed by atoms with Crippen LogP contribution in [-0.4, -0.2) is 29.2 Å². The molecular weight excluding hydrogens is 323 g/mol. The van der Waals surface area contributed by atoms with Crippen molar-refractivity contribution in [2.75, 3.05) is 6.54 Å². The van der Waals surface area contributed by atoms with Crippen LogP contribution >= 0.6 is 0 Å². The van der Waals surface area contributed by atoms with E-state index in [0.717, 1.165) is 18.6 Å². The maximum atomic E-state index is 12.9. The largest absolute Gasteiger partial charge is 0.488 e. The lowest BCUT2D eigenvalue weighted by molar-refractivity contribution is -0.137. The van der Waals surface area contributed by atoms with Crippen LogP contribution in [0.5, 0.6) is 5.75 Å². The van der Waals surface area contributed by atoms with Gasteiger partial charge in [0.05, 0.1) is 5.56 Å². The van der Waals surface area contributed by atoms with Crippen molar-refractivity contribution in [1.29, 1.82) is 0 Å². The van der Waals surface area contributed by atoms with Gasteiger partial charge in [-0.3, -0.25) is 4.90 Å². The Bertz CT molecular complexity index is 651. The Morgan fingerprint density at radius 2 is 2.00 bits per heavy atom. The highest BCUT2D eigenvalue weighted by Crippen LogP contribution is 2.46. The fraction of sp³-hybridized carbons (Fsp3) is 0.588. The molecule has 2 atom stereocenters. The molecule has 1 saturated heterocycles. The van der Waals surface area contributed by atoms with Gasteiger partial charge in [0.1, 0.15) is 23.5 Å². The molecule has 0 unspecified atom stereocenters. The molecule has 1 fully saturated rings. The van der Waals surface area contributed by atoms with E-state index in [1.165, 1.54) is 6.07 Å². The van der Waals surface area contributed by atoms with Crippen LogP contribution in [0.4, 0.5) is 18.0 Å². The second-order valence-corrected chi connectivity index (χ2v) is 7.17. The summed E-state index contributed by atoms with van der Waals surface area (Å²) in [7, 11) is 0. The van der Waals surface area contributed by atoms with Crippen molar-refractivity contribution in [2.45, 2.75) is 57.5 Å². The first-order valence-corrected chi connectivity index (χ1v) is 7.94. The number of carbonyl (C=O) groups is 1. The second-order valence-electron chi connectivity index (χ2n) is 7.17. The van der Waals surface area contributed by atoms with Crippen LogP contribution in [-0.2, 0) is 10.9 Å². The van der Waals surface area contributed by atoms with Crippen molar-refractivity contribution in [3.8, 4) is 5.75 Å². The predicted molar refractivity (Wildman–Crippen MR) is 80.8 cm³/mol. The number of likely N-dealkylation sites (tertiary alicyclic amines) is 1. The van der Waals surface area contributed by atoms with Gasteiger partial charge >= 0.3 is 12.3 Å². The van der Waals surface area contributed by atoms with Crippen LogP contribution in [0.25, 0.3) is 0 Å². The van der Waals surface area contributed by atoms with Gasteiger partial charge in [0.15, 0.2) is 0 Å². The molecule has 4 nitrogen and oxygen atoms in total. The minimum atomic E-state index is -4.42. The van der Waals surface area contributed by atoms with E-state index in [9.17, 15) is 18.0 Å². The van der Waals surface area contributed by atoms with E-state index < -0.39 is 29.5 Å². The average molecular weight is 343 g/mol. The van der Waals surface area contributed by atoms with Crippen molar-refractivity contribution in [3.05, 3.63) is 29.3 Å². The zero-order valence-electron chi connectivity index (χ0n) is 13.8. The number of alkyl halides is 3. The Kier molecular flexibility index (Phi) is 3.92. The lowest BCUT2D eigenvalue weighted by Crippen LogP contribution is -2.46. The number of hydrogen-bond acceptors (Lipinski definition) is 3. The van der Waals surface area contributed by atoms with E-state index in [4.69, 9.17) is 9.47 Å². The van der Waals surface area contributed by atoms with Gasteiger partial charge in [-0.15, -0.1) is 0 Å². The Morgan fingerprint density at radius 1 is 1.29 bits per heavy atom. The van der Waals surface area contributed by atoms with Crippen LogP contribution < -0.4 is 4.74 Å². The van der Waals surface area contributed by atoms with E-state index in [1.54, 1.807) is 25.7 Å². The first kappa shape index (κ1) is 16.9. The topological polar surface area (TPSA) is 38.8 Å². The number of ether oxygens (including phenoxy) is 2. The third kappa shape index (κ3) is 3.16. The maximum Gasteiger partial charge on any atom is 0.416 e. The highest BCUT2D eigenvalue weighted by Gasteiger charge is 2.45. The van der Waals surface area contributed by atoms with Gasteiger partial charge in [0, 0.05) is 12.1 Å². The van der Waals surface area contributed by atoms with Crippen molar-refractivity contribution in [1.82, 2.24) is 4.90 Å². The van der Waals surface area contributed by atoms with E-state index in [0.29, 0.717) is 18.5 Å². The zero-order valence-corrected chi connectivity index (χ0v) is 13.8. The summed E-state index contributed by atoms with van der Waals surface area (Å²) >= 11 is 0. The Hall–Kier alpha value is -1.92. The highest BCUT2D eigenvalue weighted by molar-refractivity contribution is 5.70. The standard InChI is InChI=1S/C17H20F3NO3/c1-16(2,3)24-15(22)21-8-4-5-12-14(21)11-7-6-10(17(18,19)20)9-13(11)23-12/h6-7,9,12,14H,4-5,8H2,1-3H3/t12-,14-/m0/s1. The van der Waals surface area contributed by atoms with Gasteiger partial charge in [-0.1, -0.05) is 6.07 Å². The molecule has 132 valence electrons. The molecule has 0 saturated carbocycles. The van der Waals surface area contributed by atoms with Gasteiger partial charge in [-0.2, -0.15) is 13.2 Å². The third-order valence-corrected chi connectivity index (χ3v) is 4.14. The molecule has 7 heteroatoms. The summed E-state index contributed by atoms with van der Waals surface area (Å²) in [5.74, 6) is 0.204. The monoisotopic (exact) mass is 343 g/mol. The molecule has 2 aliphatic heterocycles. The van der Waals surface area contributed by atoms with Gasteiger partial charge in [-0.05, 0) is 45.7 Å². The molecule has 1 amide bonds. The number of hydrogen-bond donors (Lipinski definition) is 0. The number of halogens is 3. The molecule has 1 aromatic rings. The quantitative estimate of drug-likeness (QED) is 0.694. The highest BCUT2D eigenvalue weighted by atomic mass is 19.4. The molecule has 0 aliphatic carbocycles. The van der Waals surface area contributed by atoms with Crippen LogP contribution in [0.2, 0.25) is 0 Å². The molecule has 3 rings (SSSR count). The number of amides is 1. The Balaban J connectivity index is 1.90. The molecule has 0 spiro atoms. The van der Waals surface area contributed by atoms with E-state index >= 15 is 0 Å². The Labute approximate surface area is 138 Å². The third-order valence-electron chi connectivity index (χ3n) is 4.14. The summed E-state index contributed by atoms with van der Waals surface area (Å²) in [4.78, 5) is 14.0. The Morgan fingerprint density at radius 3 is 2.62 bits per heavy atom. The van der Waals surface area contributed by atoms with Crippen molar-refractivity contribution >= 4 is 6.09 Å². The molecule has 0 bridgehead atoms. The average Bonchev–Trinajstić information content (AvgIpc) is 2.81. The normalized spacial score (nSPS) is 23.3. The molecule has 2 aliphatic rings. The molecular formula is C17H20F3NO3. The summed E-state index contributed by atoms with van der Waals surface area (Å²) in [5.41, 5.74) is -0.769. The second kappa shape index (κ2) is 5.57. The summed E-state index contributed by atoms with van der Waals surface area (Å²) in [6.45, 7) is 5.84. The maximum absolute atomic E-state index is 12.9. The number of carbonyl (C=O) groups excluding carboxylic acids is 1. The first-order valence-electron chi connectivity index (χ1n) is 7.94. The molecule has 24 heavy (non-hydrogen) atoms. The van der Waals surface area contributed by atoms with E-state index in [1.807, 2.05) is 0 Å². The summed E-state index contributed by atoms with van der Waals surface area (Å²) in [5, 5.41) is 0. The van der Waals surface area contributed by atoms with Crippen molar-refractivity contribution in [2.24, 2.45) is 0 Å². The number of benzene rings is 1. The smallest absolute Gasteiger partial charge is 0.416 e. The number of fused-ring (bicyclic) bond motifs is 3. The van der Waals surface area contributed by atoms with Crippen molar-refractivity contribution in [3.63, 3.8) is 0 Å². The zero-order chi connectivity index (χ0) is 17.7. The van der Waals surface area contributed by atoms with Gasteiger partial charge in [0.2, 0.25) is 0 Å². The molecule has 0 radical (unpaired) electrons. The summed E-state index contributed by atoms with van der Waals surface area (Å²) in [6.07, 6.45) is -3.80. The minimum absolute atomic E-state index is 0.204. The molecule has 1 aromatic carbocycles. The fourth-order valence-electron chi connectivity index (χ4n) is 3.20. The van der Waals surface area contributed by atoms with Crippen LogP contribution in [0.3, 0.4) is 0 Å². The number of rotatable bonds is 0. The van der Waals surface area contributed by atoms with E-state index in [-0.39, 0.29) is 11.9 Å². The van der Waals surface area contributed by atoms with Gasteiger partial charge < -0.3 is 9.47 Å². The molecule has 0 N–H and O–H groups in total. The number of piperidine rings is 1. The van der Waals surface area contributed by atoms with Gasteiger partial charge in [-0.25, -0.2) is 4.79 Å². The van der Waals surface area contributed by atoms with E-state index in [2.05, 4.69) is 0 Å². The van der Waals surface area contributed by atoms with Crippen LogP contribution in [0.1, 0.15) is 50.8 Å². The molecule has 2 heterocycles. The summed E-state index contributed by atoms with van der Waals surface area (Å²) in [6, 6.07) is 3.06.